The summed E-state index contributed by atoms with van der Waals surface area (Å²) in [6.07, 6.45) is 1.71. The van der Waals surface area contributed by atoms with Crippen molar-refractivity contribution in [2.75, 3.05) is 26.7 Å². The van der Waals surface area contributed by atoms with Gasteiger partial charge in [-0.3, -0.25) is 0 Å². The topological polar surface area (TPSA) is 32.7 Å². The van der Waals surface area contributed by atoms with Gasteiger partial charge in [-0.05, 0) is 49.2 Å². The first-order valence-corrected chi connectivity index (χ1v) is 9.28. The molecule has 0 amide bonds. The lowest BCUT2D eigenvalue weighted by molar-refractivity contribution is 0.116. The molecule has 136 valence electrons. The predicted octanol–water partition coefficient (Wildman–Crippen LogP) is 4.63. The first-order valence-electron chi connectivity index (χ1n) is 9.28. The molecule has 2 aromatic rings. The third-order valence-corrected chi connectivity index (χ3v) is 4.60. The Kier molecular flexibility index (Phi) is 7.96. The highest BCUT2D eigenvalue weighted by atomic mass is 16.5. The summed E-state index contributed by atoms with van der Waals surface area (Å²) in [5, 5.41) is 11.1. The molecule has 25 heavy (non-hydrogen) atoms. The smallest absolute Gasteiger partial charge is 0.118 e. The SMILES string of the molecule is CCCN(CCC)C[C@H](c1ccccc1)[C@H](O)c1ccc(OC)cc1. The maximum atomic E-state index is 11.1. The fourth-order valence-corrected chi connectivity index (χ4v) is 3.33. The standard InChI is InChI=1S/C22H31NO2/c1-4-15-23(16-5-2)17-21(18-9-7-6-8-10-18)22(24)19-11-13-20(25-3)14-12-19/h6-14,21-22,24H,4-5,15-17H2,1-3H3/t21-,22-/m1/s1. The van der Waals surface area contributed by atoms with Gasteiger partial charge in [-0.2, -0.15) is 0 Å². The highest BCUT2D eigenvalue weighted by molar-refractivity contribution is 5.31. The lowest BCUT2D eigenvalue weighted by atomic mass is 9.88. The van der Waals surface area contributed by atoms with Crippen LogP contribution in [0.5, 0.6) is 5.75 Å². The summed E-state index contributed by atoms with van der Waals surface area (Å²) in [6, 6.07) is 18.1. The third-order valence-electron chi connectivity index (χ3n) is 4.60. The van der Waals surface area contributed by atoms with E-state index in [0.717, 1.165) is 43.8 Å². The van der Waals surface area contributed by atoms with Crippen LogP contribution in [0.4, 0.5) is 0 Å². The largest absolute Gasteiger partial charge is 0.497 e. The second kappa shape index (κ2) is 10.2. The van der Waals surface area contributed by atoms with E-state index in [1.165, 1.54) is 5.56 Å². The Hall–Kier alpha value is -1.84. The van der Waals surface area contributed by atoms with Gasteiger partial charge in [0.05, 0.1) is 13.2 Å². The van der Waals surface area contributed by atoms with Gasteiger partial charge in [0.25, 0.3) is 0 Å². The van der Waals surface area contributed by atoms with E-state index in [4.69, 9.17) is 4.74 Å². The molecule has 0 aromatic heterocycles. The van der Waals surface area contributed by atoms with E-state index in [9.17, 15) is 5.11 Å². The number of nitrogens with zero attached hydrogens (tertiary/aromatic N) is 1. The number of hydrogen-bond donors (Lipinski definition) is 1. The summed E-state index contributed by atoms with van der Waals surface area (Å²) in [6.45, 7) is 7.40. The van der Waals surface area contributed by atoms with E-state index >= 15 is 0 Å². The van der Waals surface area contributed by atoms with Gasteiger partial charge in [-0.15, -0.1) is 0 Å². The van der Waals surface area contributed by atoms with Crippen LogP contribution in [0.2, 0.25) is 0 Å². The van der Waals surface area contributed by atoms with Crippen molar-refractivity contribution in [2.24, 2.45) is 0 Å². The Labute approximate surface area is 152 Å². The monoisotopic (exact) mass is 341 g/mol. The molecule has 0 unspecified atom stereocenters. The van der Waals surface area contributed by atoms with Crippen LogP contribution in [0.1, 0.15) is 49.8 Å². The van der Waals surface area contributed by atoms with Crippen LogP contribution in [-0.4, -0.2) is 36.8 Å². The molecule has 0 fully saturated rings. The molecule has 2 aromatic carbocycles. The molecule has 1 N–H and O–H groups in total. The maximum Gasteiger partial charge on any atom is 0.118 e. The number of methoxy groups -OCH3 is 1. The van der Waals surface area contributed by atoms with E-state index in [1.807, 2.05) is 42.5 Å². The van der Waals surface area contributed by atoms with Gasteiger partial charge in [0.1, 0.15) is 5.75 Å². The zero-order valence-electron chi connectivity index (χ0n) is 15.7. The molecule has 0 bridgehead atoms. The average Bonchev–Trinajstić information content (AvgIpc) is 2.66. The van der Waals surface area contributed by atoms with E-state index < -0.39 is 6.10 Å². The van der Waals surface area contributed by atoms with Crippen LogP contribution in [0.25, 0.3) is 0 Å². The van der Waals surface area contributed by atoms with Crippen molar-refractivity contribution in [3.63, 3.8) is 0 Å². The lowest BCUT2D eigenvalue weighted by Crippen LogP contribution is -2.32. The zero-order valence-corrected chi connectivity index (χ0v) is 15.7. The summed E-state index contributed by atoms with van der Waals surface area (Å²) in [7, 11) is 1.66. The highest BCUT2D eigenvalue weighted by Crippen LogP contribution is 2.32. The number of benzene rings is 2. The van der Waals surface area contributed by atoms with Crippen molar-refractivity contribution < 1.29 is 9.84 Å². The van der Waals surface area contributed by atoms with Gasteiger partial charge < -0.3 is 14.7 Å². The van der Waals surface area contributed by atoms with Crippen LogP contribution >= 0.6 is 0 Å². The van der Waals surface area contributed by atoms with Gasteiger partial charge in [-0.25, -0.2) is 0 Å². The lowest BCUT2D eigenvalue weighted by Gasteiger charge is -2.30. The van der Waals surface area contributed by atoms with Gasteiger partial charge in [0.2, 0.25) is 0 Å². The molecule has 0 radical (unpaired) electrons. The Morgan fingerprint density at radius 1 is 0.880 bits per heavy atom. The molecular weight excluding hydrogens is 310 g/mol. The Morgan fingerprint density at radius 3 is 2.00 bits per heavy atom. The van der Waals surface area contributed by atoms with Gasteiger partial charge in [-0.1, -0.05) is 56.3 Å². The van der Waals surface area contributed by atoms with Crippen LogP contribution in [0, 0.1) is 0 Å². The minimum atomic E-state index is -0.537. The molecule has 0 aliphatic heterocycles. The minimum absolute atomic E-state index is 0.0488. The van der Waals surface area contributed by atoms with E-state index in [1.54, 1.807) is 7.11 Å². The normalized spacial score (nSPS) is 13.6. The number of hydrogen-bond acceptors (Lipinski definition) is 3. The molecule has 3 nitrogen and oxygen atoms in total. The quantitative estimate of drug-likeness (QED) is 0.683. The third kappa shape index (κ3) is 5.58. The van der Waals surface area contributed by atoms with Crippen LogP contribution < -0.4 is 4.74 Å². The molecule has 0 heterocycles. The first-order chi connectivity index (χ1) is 12.2. The summed E-state index contributed by atoms with van der Waals surface area (Å²) >= 11 is 0. The maximum absolute atomic E-state index is 11.1. The summed E-state index contributed by atoms with van der Waals surface area (Å²) in [5.41, 5.74) is 2.12. The van der Waals surface area contributed by atoms with Crippen LogP contribution in [0.15, 0.2) is 54.6 Å². The van der Waals surface area contributed by atoms with Crippen molar-refractivity contribution in [2.45, 2.75) is 38.7 Å². The fraction of sp³-hybridized carbons (Fsp3) is 0.455. The number of rotatable bonds is 10. The second-order valence-corrected chi connectivity index (χ2v) is 6.54. The van der Waals surface area contributed by atoms with Crippen molar-refractivity contribution >= 4 is 0 Å². The molecule has 0 saturated carbocycles. The fourth-order valence-electron chi connectivity index (χ4n) is 3.33. The van der Waals surface area contributed by atoms with Crippen molar-refractivity contribution in [3.8, 4) is 5.75 Å². The van der Waals surface area contributed by atoms with Crippen LogP contribution in [-0.2, 0) is 0 Å². The van der Waals surface area contributed by atoms with E-state index in [0.29, 0.717) is 0 Å². The van der Waals surface area contributed by atoms with E-state index in [2.05, 4.69) is 30.9 Å². The number of ether oxygens (including phenoxy) is 1. The molecule has 0 saturated heterocycles. The molecular formula is C22H31NO2. The van der Waals surface area contributed by atoms with Crippen molar-refractivity contribution in [3.05, 3.63) is 65.7 Å². The summed E-state index contributed by atoms with van der Waals surface area (Å²) < 4.78 is 5.23. The van der Waals surface area contributed by atoms with Crippen molar-refractivity contribution in [1.82, 2.24) is 4.90 Å². The predicted molar refractivity (Wildman–Crippen MR) is 104 cm³/mol. The first kappa shape index (κ1) is 19.5. The molecule has 0 spiro atoms. The van der Waals surface area contributed by atoms with Crippen molar-refractivity contribution in [1.29, 1.82) is 0 Å². The van der Waals surface area contributed by atoms with Gasteiger partial charge in [0, 0.05) is 12.5 Å². The Morgan fingerprint density at radius 2 is 1.48 bits per heavy atom. The Balaban J connectivity index is 2.26. The molecule has 3 heteroatoms. The summed E-state index contributed by atoms with van der Waals surface area (Å²) in [5.74, 6) is 0.860. The number of aliphatic hydroxyl groups excluding tert-OH is 1. The molecule has 2 rings (SSSR count). The second-order valence-electron chi connectivity index (χ2n) is 6.54. The molecule has 0 aliphatic carbocycles. The highest BCUT2D eigenvalue weighted by Gasteiger charge is 2.25. The molecule has 0 aliphatic rings. The van der Waals surface area contributed by atoms with E-state index in [-0.39, 0.29) is 5.92 Å². The van der Waals surface area contributed by atoms with Gasteiger partial charge in [0.15, 0.2) is 0 Å². The minimum Gasteiger partial charge on any atom is -0.497 e. The zero-order chi connectivity index (χ0) is 18.1. The number of aliphatic hydroxyl groups is 1. The average molecular weight is 341 g/mol. The Bertz CT molecular complexity index is 591. The summed E-state index contributed by atoms with van der Waals surface area (Å²) in [4.78, 5) is 2.46. The molecule has 2 atom stereocenters. The van der Waals surface area contributed by atoms with Gasteiger partial charge >= 0.3 is 0 Å². The van der Waals surface area contributed by atoms with Crippen LogP contribution in [0.3, 0.4) is 0 Å².